The molecule has 4 nitrogen and oxygen atoms in total. The zero-order valence-electron chi connectivity index (χ0n) is 9.61. The Morgan fingerprint density at radius 3 is 2.71 bits per heavy atom. The summed E-state index contributed by atoms with van der Waals surface area (Å²) in [4.78, 5) is 11.5. The van der Waals surface area contributed by atoms with Crippen LogP contribution in [0, 0.1) is 5.82 Å². The van der Waals surface area contributed by atoms with Crippen molar-refractivity contribution in [3.63, 3.8) is 0 Å². The highest BCUT2D eigenvalue weighted by atomic mass is 19.1. The minimum absolute atomic E-state index is 0.0209. The van der Waals surface area contributed by atoms with E-state index in [0.717, 1.165) is 18.9 Å². The van der Waals surface area contributed by atoms with E-state index in [1.807, 2.05) is 6.92 Å². The highest BCUT2D eigenvalue weighted by molar-refractivity contribution is 6.58. The summed E-state index contributed by atoms with van der Waals surface area (Å²) in [6.07, 6.45) is 1.78. The molecule has 0 radical (unpaired) electrons. The van der Waals surface area contributed by atoms with Gasteiger partial charge in [0.25, 0.3) is 5.91 Å². The smallest absolute Gasteiger partial charge is 0.423 e. The number of carbonyl (C=O) groups is 1. The van der Waals surface area contributed by atoms with Crippen LogP contribution in [0.15, 0.2) is 18.2 Å². The van der Waals surface area contributed by atoms with E-state index in [1.54, 1.807) is 0 Å². The molecule has 0 heterocycles. The number of carbonyl (C=O) groups excluding carboxylic acids is 1. The van der Waals surface area contributed by atoms with Gasteiger partial charge >= 0.3 is 7.12 Å². The number of halogens is 1. The average molecular weight is 239 g/mol. The number of unbranched alkanes of at least 4 members (excludes halogenated alkanes) is 1. The molecule has 1 aromatic carbocycles. The molecule has 17 heavy (non-hydrogen) atoms. The van der Waals surface area contributed by atoms with Gasteiger partial charge in [-0.2, -0.15) is 0 Å². The average Bonchev–Trinajstić information content (AvgIpc) is 2.28. The second-order valence-electron chi connectivity index (χ2n) is 3.72. The third kappa shape index (κ3) is 3.83. The molecule has 0 atom stereocenters. The van der Waals surface area contributed by atoms with Crippen LogP contribution in [0.2, 0.25) is 0 Å². The van der Waals surface area contributed by atoms with Crippen LogP contribution in [-0.2, 0) is 0 Å². The monoisotopic (exact) mass is 239 g/mol. The fourth-order valence-electron chi connectivity index (χ4n) is 1.35. The van der Waals surface area contributed by atoms with Crippen molar-refractivity contribution < 1.29 is 19.2 Å². The summed E-state index contributed by atoms with van der Waals surface area (Å²) in [6.45, 7) is 2.49. The van der Waals surface area contributed by atoms with Crippen LogP contribution >= 0.6 is 0 Å². The first-order valence-electron chi connectivity index (χ1n) is 5.50. The van der Waals surface area contributed by atoms with Crippen molar-refractivity contribution in [3.8, 4) is 0 Å². The summed E-state index contributed by atoms with van der Waals surface area (Å²) in [7, 11) is -1.73. The van der Waals surface area contributed by atoms with Crippen molar-refractivity contribution in [1.29, 1.82) is 0 Å². The number of nitrogens with one attached hydrogen (secondary N) is 1. The van der Waals surface area contributed by atoms with Crippen molar-refractivity contribution in [2.45, 2.75) is 19.8 Å². The number of hydrogen-bond donors (Lipinski definition) is 3. The van der Waals surface area contributed by atoms with Gasteiger partial charge in [0.1, 0.15) is 5.82 Å². The molecule has 0 bridgehead atoms. The highest BCUT2D eigenvalue weighted by Gasteiger charge is 2.16. The van der Waals surface area contributed by atoms with E-state index in [1.165, 1.54) is 12.1 Å². The first-order valence-corrected chi connectivity index (χ1v) is 5.50. The molecule has 0 spiro atoms. The van der Waals surface area contributed by atoms with E-state index in [9.17, 15) is 9.18 Å². The van der Waals surface area contributed by atoms with Gasteiger partial charge in [0.15, 0.2) is 0 Å². The molecule has 0 saturated carbocycles. The van der Waals surface area contributed by atoms with Gasteiger partial charge in [-0.15, -0.1) is 0 Å². The molecule has 0 aliphatic rings. The van der Waals surface area contributed by atoms with Gasteiger partial charge in [-0.25, -0.2) is 4.39 Å². The Labute approximate surface area is 99.6 Å². The molecule has 92 valence electrons. The van der Waals surface area contributed by atoms with Crippen LogP contribution in [0.1, 0.15) is 30.1 Å². The maximum absolute atomic E-state index is 13.5. The lowest BCUT2D eigenvalue weighted by molar-refractivity contribution is 0.0949. The zero-order chi connectivity index (χ0) is 12.8. The molecule has 0 aromatic heterocycles. The van der Waals surface area contributed by atoms with Crippen LogP contribution in [0.5, 0.6) is 0 Å². The molecule has 0 aliphatic carbocycles. The van der Waals surface area contributed by atoms with Gasteiger partial charge in [-0.3, -0.25) is 4.79 Å². The van der Waals surface area contributed by atoms with Crippen LogP contribution in [0.4, 0.5) is 4.39 Å². The van der Waals surface area contributed by atoms with Gasteiger partial charge in [-0.1, -0.05) is 19.4 Å². The Balaban J connectivity index is 2.74. The maximum Gasteiger partial charge on any atom is 0.488 e. The minimum Gasteiger partial charge on any atom is -0.423 e. The number of hydrogen-bond acceptors (Lipinski definition) is 3. The van der Waals surface area contributed by atoms with Crippen LogP contribution in [0.3, 0.4) is 0 Å². The second-order valence-corrected chi connectivity index (χ2v) is 3.72. The van der Waals surface area contributed by atoms with Crippen molar-refractivity contribution in [2.75, 3.05) is 6.54 Å². The predicted molar refractivity (Wildman–Crippen MR) is 63.5 cm³/mol. The van der Waals surface area contributed by atoms with E-state index in [-0.39, 0.29) is 11.0 Å². The number of benzene rings is 1. The second kappa shape index (κ2) is 6.37. The lowest BCUT2D eigenvalue weighted by Crippen LogP contribution is -2.31. The van der Waals surface area contributed by atoms with Gasteiger partial charge in [-0.05, 0) is 24.0 Å². The van der Waals surface area contributed by atoms with Gasteiger partial charge < -0.3 is 15.4 Å². The summed E-state index contributed by atoms with van der Waals surface area (Å²) in [5.41, 5.74) is -0.0712. The molecule has 0 saturated heterocycles. The molecule has 0 unspecified atom stereocenters. The Kier molecular flexibility index (Phi) is 5.12. The lowest BCUT2D eigenvalue weighted by Gasteiger charge is -2.06. The summed E-state index contributed by atoms with van der Waals surface area (Å²) >= 11 is 0. The quantitative estimate of drug-likeness (QED) is 0.501. The molecule has 3 N–H and O–H groups in total. The zero-order valence-corrected chi connectivity index (χ0v) is 9.61. The minimum atomic E-state index is -1.73. The van der Waals surface area contributed by atoms with Crippen LogP contribution in [-0.4, -0.2) is 29.6 Å². The molecule has 1 aromatic rings. The standard InChI is InChI=1S/C11H15BFNO3/c1-2-3-6-14-11(15)9-5-4-8(12(16)17)7-10(9)13/h4-5,7,16-17H,2-3,6H2,1H3,(H,14,15). The Morgan fingerprint density at radius 1 is 1.47 bits per heavy atom. The normalized spacial score (nSPS) is 10.1. The van der Waals surface area contributed by atoms with Crippen LogP contribution < -0.4 is 10.8 Å². The van der Waals surface area contributed by atoms with Gasteiger partial charge in [0, 0.05) is 6.54 Å². The fraction of sp³-hybridized carbons (Fsp3) is 0.364. The molecule has 1 amide bonds. The molecule has 6 heteroatoms. The topological polar surface area (TPSA) is 69.6 Å². The number of rotatable bonds is 5. The Morgan fingerprint density at radius 2 is 2.18 bits per heavy atom. The molecule has 0 aliphatic heterocycles. The Bertz CT molecular complexity index is 398. The van der Waals surface area contributed by atoms with E-state index in [2.05, 4.69) is 5.32 Å². The van der Waals surface area contributed by atoms with Gasteiger partial charge in [0.05, 0.1) is 5.56 Å². The molecule has 0 fully saturated rings. The lowest BCUT2D eigenvalue weighted by atomic mass is 9.80. The van der Waals surface area contributed by atoms with Crippen molar-refractivity contribution in [1.82, 2.24) is 5.32 Å². The van der Waals surface area contributed by atoms with Crippen molar-refractivity contribution in [2.24, 2.45) is 0 Å². The van der Waals surface area contributed by atoms with E-state index in [0.29, 0.717) is 6.54 Å². The first-order chi connectivity index (χ1) is 8.06. The molecular formula is C11H15BFNO3. The summed E-state index contributed by atoms with van der Waals surface area (Å²) in [6, 6.07) is 3.49. The SMILES string of the molecule is CCCCNC(=O)c1ccc(B(O)O)cc1F. The largest absolute Gasteiger partial charge is 0.488 e. The Hall–Kier alpha value is -1.40. The summed E-state index contributed by atoms with van der Waals surface area (Å²) in [5, 5.41) is 20.3. The fourth-order valence-corrected chi connectivity index (χ4v) is 1.35. The van der Waals surface area contributed by atoms with E-state index < -0.39 is 18.8 Å². The third-order valence-electron chi connectivity index (χ3n) is 2.35. The van der Waals surface area contributed by atoms with Crippen molar-refractivity contribution in [3.05, 3.63) is 29.6 Å². The third-order valence-corrected chi connectivity index (χ3v) is 2.35. The highest BCUT2D eigenvalue weighted by Crippen LogP contribution is 2.05. The first kappa shape index (κ1) is 13.7. The van der Waals surface area contributed by atoms with E-state index >= 15 is 0 Å². The van der Waals surface area contributed by atoms with Gasteiger partial charge in [0.2, 0.25) is 0 Å². The summed E-state index contributed by atoms with van der Waals surface area (Å²) in [5.74, 6) is -1.25. The van der Waals surface area contributed by atoms with E-state index in [4.69, 9.17) is 10.0 Å². The maximum atomic E-state index is 13.5. The predicted octanol–water partition coefficient (Wildman–Crippen LogP) is 0.0354. The number of amides is 1. The van der Waals surface area contributed by atoms with Crippen LogP contribution in [0.25, 0.3) is 0 Å². The summed E-state index contributed by atoms with van der Waals surface area (Å²) < 4.78 is 13.5. The van der Waals surface area contributed by atoms with Crippen molar-refractivity contribution >= 4 is 18.5 Å². The molecular weight excluding hydrogens is 224 g/mol. The molecule has 1 rings (SSSR count).